The van der Waals surface area contributed by atoms with Crippen LogP contribution in [0.1, 0.15) is 336 Å². The van der Waals surface area contributed by atoms with Gasteiger partial charge in [0.05, 0.1) is 32.8 Å². The van der Waals surface area contributed by atoms with Crippen molar-refractivity contribution in [2.45, 2.75) is 354 Å². The Morgan fingerprint density at radius 2 is 0.538 bits per heavy atom. The molecule has 0 aliphatic heterocycles. The first-order valence-corrected chi connectivity index (χ1v) is 43.8. The second-order valence-electron chi connectivity index (χ2n) is 27.0. The van der Waals surface area contributed by atoms with Gasteiger partial charge in [-0.1, -0.05) is 290 Å². The third kappa shape index (κ3) is 75.7. The van der Waals surface area contributed by atoms with E-state index >= 15 is 0 Å². The summed E-state index contributed by atoms with van der Waals surface area (Å²) in [4.78, 5) is 73.0. The zero-order valence-corrected chi connectivity index (χ0v) is 67.2. The molecular formula is C85H146O17P2. The van der Waals surface area contributed by atoms with Crippen LogP contribution < -0.4 is 0 Å². The van der Waals surface area contributed by atoms with Crippen LogP contribution in [0.5, 0.6) is 0 Å². The third-order valence-electron chi connectivity index (χ3n) is 16.9. The van der Waals surface area contributed by atoms with E-state index in [1.807, 2.05) is 18.2 Å². The van der Waals surface area contributed by atoms with Gasteiger partial charge >= 0.3 is 39.5 Å². The van der Waals surface area contributed by atoms with Crippen LogP contribution in [0.4, 0.5) is 0 Å². The molecule has 0 aromatic carbocycles. The maximum atomic E-state index is 13.1. The summed E-state index contributed by atoms with van der Waals surface area (Å²) in [5.41, 5.74) is 0. The Morgan fingerprint density at radius 3 is 0.885 bits per heavy atom. The van der Waals surface area contributed by atoms with Gasteiger partial charge in [-0.25, -0.2) is 9.13 Å². The first-order valence-electron chi connectivity index (χ1n) is 40.8. The predicted molar refractivity (Wildman–Crippen MR) is 427 cm³/mol. The highest BCUT2D eigenvalue weighted by Crippen LogP contribution is 2.45. The van der Waals surface area contributed by atoms with Gasteiger partial charge in [-0.05, 0) is 141 Å². The molecule has 0 saturated carbocycles. The maximum absolute atomic E-state index is 13.1. The number of carbonyl (C=O) groups excluding carboxylic acids is 4. The molecule has 0 radical (unpaired) electrons. The lowest BCUT2D eigenvalue weighted by atomic mass is 10.1. The highest BCUT2D eigenvalue weighted by molar-refractivity contribution is 7.47. The average Bonchev–Trinajstić information content (AvgIpc) is 0.912. The number of phosphoric acid groups is 2. The molecule has 0 saturated heterocycles. The summed E-state index contributed by atoms with van der Waals surface area (Å²) in [6.45, 7) is 4.61. The number of unbranched alkanes of at least 4 members (excludes halogenated alkanes) is 31. The second kappa shape index (κ2) is 76.6. The van der Waals surface area contributed by atoms with Gasteiger partial charge in [-0.2, -0.15) is 0 Å². The Morgan fingerprint density at radius 1 is 0.288 bits per heavy atom. The van der Waals surface area contributed by atoms with Gasteiger partial charge < -0.3 is 33.8 Å². The van der Waals surface area contributed by atoms with E-state index in [0.29, 0.717) is 25.7 Å². The molecule has 104 heavy (non-hydrogen) atoms. The van der Waals surface area contributed by atoms with Crippen molar-refractivity contribution < 1.29 is 80.2 Å². The smallest absolute Gasteiger partial charge is 0.462 e. The van der Waals surface area contributed by atoms with E-state index in [9.17, 15) is 43.2 Å². The number of ether oxygens (including phenoxy) is 4. The van der Waals surface area contributed by atoms with Crippen LogP contribution in [0.3, 0.4) is 0 Å². The monoisotopic (exact) mass is 1500 g/mol. The van der Waals surface area contributed by atoms with Gasteiger partial charge in [-0.15, -0.1) is 0 Å². The third-order valence-corrected chi connectivity index (χ3v) is 18.8. The van der Waals surface area contributed by atoms with Crippen LogP contribution >= 0.6 is 15.6 Å². The van der Waals surface area contributed by atoms with Crippen molar-refractivity contribution in [3.05, 3.63) is 122 Å². The second-order valence-corrected chi connectivity index (χ2v) is 29.9. The lowest BCUT2D eigenvalue weighted by molar-refractivity contribution is -0.161. The Hall–Kier alpha value is -4.54. The minimum Gasteiger partial charge on any atom is -0.462 e. The van der Waals surface area contributed by atoms with Crippen LogP contribution in [0, 0.1) is 0 Å². The molecule has 598 valence electrons. The van der Waals surface area contributed by atoms with E-state index in [0.717, 1.165) is 161 Å². The van der Waals surface area contributed by atoms with Gasteiger partial charge in [0.15, 0.2) is 12.2 Å². The van der Waals surface area contributed by atoms with Crippen LogP contribution in [0.2, 0.25) is 0 Å². The molecule has 0 amide bonds. The minimum atomic E-state index is -5.00. The Labute approximate surface area is 632 Å². The fourth-order valence-corrected chi connectivity index (χ4v) is 12.3. The van der Waals surface area contributed by atoms with E-state index in [4.69, 9.17) is 37.0 Å². The first-order chi connectivity index (χ1) is 50.7. The molecule has 0 rings (SSSR count). The van der Waals surface area contributed by atoms with Gasteiger partial charge in [0.1, 0.15) is 19.3 Å². The molecule has 0 aliphatic rings. The molecule has 5 unspecified atom stereocenters. The van der Waals surface area contributed by atoms with Crippen LogP contribution in [-0.2, 0) is 65.4 Å². The Bertz CT molecular complexity index is 2440. The maximum Gasteiger partial charge on any atom is 0.472 e. The molecule has 0 aliphatic carbocycles. The van der Waals surface area contributed by atoms with E-state index in [2.05, 4.69) is 125 Å². The van der Waals surface area contributed by atoms with E-state index in [1.165, 1.54) is 96.3 Å². The summed E-state index contributed by atoms with van der Waals surface area (Å²) in [6, 6.07) is 0. The van der Waals surface area contributed by atoms with Crippen molar-refractivity contribution in [2.24, 2.45) is 0 Å². The van der Waals surface area contributed by atoms with Gasteiger partial charge in [-0.3, -0.25) is 37.3 Å². The molecule has 0 heterocycles. The molecule has 0 fully saturated rings. The lowest BCUT2D eigenvalue weighted by Crippen LogP contribution is -2.30. The number of rotatable bonds is 76. The van der Waals surface area contributed by atoms with Crippen molar-refractivity contribution in [1.29, 1.82) is 0 Å². The van der Waals surface area contributed by atoms with Crippen molar-refractivity contribution >= 4 is 39.5 Å². The van der Waals surface area contributed by atoms with Gasteiger partial charge in [0, 0.05) is 19.3 Å². The molecule has 5 atom stereocenters. The van der Waals surface area contributed by atoms with Crippen molar-refractivity contribution in [3.63, 3.8) is 0 Å². The molecule has 17 nitrogen and oxygen atoms in total. The van der Waals surface area contributed by atoms with Crippen molar-refractivity contribution in [2.75, 3.05) is 39.6 Å². The quantitative estimate of drug-likeness (QED) is 0.0169. The zero-order chi connectivity index (χ0) is 76.0. The number of carbonyl (C=O) groups is 4. The molecule has 0 spiro atoms. The van der Waals surface area contributed by atoms with Gasteiger partial charge in [0.25, 0.3) is 0 Å². The van der Waals surface area contributed by atoms with Crippen molar-refractivity contribution in [1.82, 2.24) is 0 Å². The van der Waals surface area contributed by atoms with Crippen LogP contribution in [0.25, 0.3) is 0 Å². The number of hydrogen-bond acceptors (Lipinski definition) is 15. The van der Waals surface area contributed by atoms with Gasteiger partial charge in [0.2, 0.25) is 0 Å². The SMILES string of the molecule is CC/C=C\C/C=C\C/C=C\C/C=C\C/C=C\CC(=O)OCC(COP(=O)(O)OCC(O)COP(=O)(O)OCC(COC(=O)CCCCCCCC/C=C\C/C=C\C/C=C\CCCCC)OC(=O)CCCCCCC/C=C\CCCCCCCC)OC(=O)CCCCCCC/C=C\CCCCCCCC. The van der Waals surface area contributed by atoms with E-state index in [1.54, 1.807) is 6.08 Å². The number of phosphoric ester groups is 2. The number of allylic oxidation sites excluding steroid dienone is 19. The summed E-state index contributed by atoms with van der Waals surface area (Å²) in [7, 11) is -9.99. The Kier molecular flexibility index (Phi) is 73.3. The summed E-state index contributed by atoms with van der Waals surface area (Å²) in [5.74, 6) is -2.35. The molecule has 0 bridgehead atoms. The standard InChI is InChI=1S/C85H146O17P2/c1-5-9-13-17-21-25-29-33-37-38-39-40-44-46-50-54-58-62-66-70-83(88)96-76-81(102-85(90)72-68-64-60-56-52-48-43-36-32-28-24-20-16-12-8-4)78-100-104(93,94)98-74-79(86)73-97-103(91,92)99-77-80(101-84(89)71-67-63-59-55-51-47-42-35-31-27-23-19-15-11-7-3)75-95-82(87)69-65-61-57-53-49-45-41-34-30-26-22-18-14-10-6-2/h10,14,21-22,25-26,33-37,39-43,49,53,61,65,79-81,86H,5-9,11-13,15-20,23-24,27-32,38,44-48,50-52,54-60,62-64,66-78H2,1-4H3,(H,91,92)(H,93,94)/b14-10-,25-21-,26-22-,37-33-,40-39-,41-34-,42-35-,43-36-,53-49-,65-61-. The number of esters is 4. The van der Waals surface area contributed by atoms with Crippen LogP contribution in [0.15, 0.2) is 122 Å². The largest absolute Gasteiger partial charge is 0.472 e. The number of aliphatic hydroxyl groups excluding tert-OH is 1. The predicted octanol–water partition coefficient (Wildman–Crippen LogP) is 23.9. The molecule has 3 N–H and O–H groups in total. The summed E-state index contributed by atoms with van der Waals surface area (Å²) >= 11 is 0. The summed E-state index contributed by atoms with van der Waals surface area (Å²) in [5, 5.41) is 10.6. The number of hydrogen-bond donors (Lipinski definition) is 3. The van der Waals surface area contributed by atoms with Crippen LogP contribution in [-0.4, -0.2) is 96.7 Å². The zero-order valence-electron chi connectivity index (χ0n) is 65.4. The highest BCUT2D eigenvalue weighted by Gasteiger charge is 2.30. The molecule has 19 heteroatoms. The fraction of sp³-hybridized carbons (Fsp3) is 0.718. The van der Waals surface area contributed by atoms with Crippen molar-refractivity contribution in [3.8, 4) is 0 Å². The number of aliphatic hydroxyl groups is 1. The fourth-order valence-electron chi connectivity index (χ4n) is 10.7. The topological polar surface area (TPSA) is 237 Å². The molecular weight excluding hydrogens is 1350 g/mol. The lowest BCUT2D eigenvalue weighted by Gasteiger charge is -2.21. The Balaban J connectivity index is 5.43. The molecule has 0 aromatic rings. The highest BCUT2D eigenvalue weighted by atomic mass is 31.2. The normalized spacial score (nSPS) is 14.5. The summed E-state index contributed by atoms with van der Waals surface area (Å²) in [6.07, 6.45) is 84.9. The minimum absolute atomic E-state index is 0.0640. The average molecular weight is 1500 g/mol. The first kappa shape index (κ1) is 99.5. The molecule has 0 aromatic heterocycles. The summed E-state index contributed by atoms with van der Waals surface area (Å²) < 4.78 is 68.5. The van der Waals surface area contributed by atoms with E-state index in [-0.39, 0.29) is 25.7 Å². The van der Waals surface area contributed by atoms with E-state index < -0.39 is 97.5 Å².